The van der Waals surface area contributed by atoms with E-state index in [0.717, 1.165) is 16.2 Å². The standard InChI is InChI=1S/C17H21F2N5O2S2/c1-21-17(22-9-12-5-6-15(27-12)28(20,25)26)23-11-7-8-24(10-11)16-13(18)3-2-4-14(16)19/h2-6,11H,7-10H2,1H3,(H2,20,25,26)(H2,21,22,23). The number of para-hydroxylation sites is 1. The summed E-state index contributed by atoms with van der Waals surface area (Å²) in [5.41, 5.74) is -0.0103. The molecule has 0 spiro atoms. The highest BCUT2D eigenvalue weighted by Gasteiger charge is 2.27. The van der Waals surface area contributed by atoms with Gasteiger partial charge in [-0.3, -0.25) is 4.99 Å². The highest BCUT2D eigenvalue weighted by molar-refractivity contribution is 7.91. The normalized spacial score (nSPS) is 17.8. The number of anilines is 1. The maximum atomic E-state index is 14.0. The average Bonchev–Trinajstić information content (AvgIpc) is 3.28. The zero-order valence-corrected chi connectivity index (χ0v) is 16.8. The Bertz CT molecular complexity index is 957. The van der Waals surface area contributed by atoms with Crippen molar-refractivity contribution in [2.75, 3.05) is 25.0 Å². The zero-order valence-electron chi connectivity index (χ0n) is 15.2. The lowest BCUT2D eigenvalue weighted by molar-refractivity contribution is 0.575. The van der Waals surface area contributed by atoms with E-state index in [0.29, 0.717) is 32.0 Å². The van der Waals surface area contributed by atoms with Gasteiger partial charge in [-0.1, -0.05) is 6.07 Å². The lowest BCUT2D eigenvalue weighted by Crippen LogP contribution is -2.44. The molecule has 1 aliphatic heterocycles. The number of thiophene rings is 1. The number of hydrogen-bond acceptors (Lipinski definition) is 5. The quantitative estimate of drug-likeness (QED) is 0.495. The highest BCUT2D eigenvalue weighted by atomic mass is 32.2. The van der Waals surface area contributed by atoms with Crippen LogP contribution in [0.2, 0.25) is 0 Å². The minimum Gasteiger partial charge on any atom is -0.365 e. The van der Waals surface area contributed by atoms with Crippen molar-refractivity contribution >= 4 is 33.0 Å². The Labute approximate surface area is 166 Å². The molecule has 4 N–H and O–H groups in total. The van der Waals surface area contributed by atoms with Crippen molar-refractivity contribution in [3.63, 3.8) is 0 Å². The van der Waals surface area contributed by atoms with Crippen molar-refractivity contribution in [2.24, 2.45) is 10.1 Å². The minimum absolute atomic E-state index is 0.0103. The summed E-state index contributed by atoms with van der Waals surface area (Å²) in [6.07, 6.45) is 0.697. The average molecular weight is 430 g/mol. The first-order chi connectivity index (χ1) is 13.3. The van der Waals surface area contributed by atoms with Crippen LogP contribution >= 0.6 is 11.3 Å². The van der Waals surface area contributed by atoms with Crippen molar-refractivity contribution in [3.05, 3.63) is 46.8 Å². The molecule has 0 bridgehead atoms. The van der Waals surface area contributed by atoms with E-state index in [2.05, 4.69) is 15.6 Å². The minimum atomic E-state index is -3.71. The molecular formula is C17H21F2N5O2S2. The molecule has 1 fully saturated rings. The molecule has 0 saturated carbocycles. The monoisotopic (exact) mass is 429 g/mol. The second-order valence-electron chi connectivity index (χ2n) is 6.34. The third kappa shape index (κ3) is 4.78. The van der Waals surface area contributed by atoms with Crippen LogP contribution in [-0.4, -0.2) is 40.6 Å². The van der Waals surface area contributed by atoms with Gasteiger partial charge in [-0.2, -0.15) is 0 Å². The second-order valence-corrected chi connectivity index (χ2v) is 9.29. The van der Waals surface area contributed by atoms with Crippen molar-refractivity contribution in [1.82, 2.24) is 10.6 Å². The molecule has 1 aliphatic rings. The van der Waals surface area contributed by atoms with Gasteiger partial charge in [0.25, 0.3) is 0 Å². The second kappa shape index (κ2) is 8.41. The number of sulfonamides is 1. The number of nitrogens with one attached hydrogen (secondary N) is 2. The summed E-state index contributed by atoms with van der Waals surface area (Å²) in [7, 11) is -2.09. The molecule has 1 atom stereocenters. The smallest absolute Gasteiger partial charge is 0.247 e. The van der Waals surface area contributed by atoms with Crippen LogP contribution in [0.4, 0.5) is 14.5 Å². The Morgan fingerprint density at radius 1 is 1.32 bits per heavy atom. The molecule has 2 aromatic rings. The van der Waals surface area contributed by atoms with Gasteiger partial charge in [0, 0.05) is 31.1 Å². The van der Waals surface area contributed by atoms with Crippen molar-refractivity contribution in [3.8, 4) is 0 Å². The van der Waals surface area contributed by atoms with Crippen molar-refractivity contribution < 1.29 is 17.2 Å². The Morgan fingerprint density at radius 2 is 2.04 bits per heavy atom. The van der Waals surface area contributed by atoms with Crippen molar-refractivity contribution in [1.29, 1.82) is 0 Å². The van der Waals surface area contributed by atoms with Gasteiger partial charge in [0.05, 0.1) is 6.54 Å². The number of hydrogen-bond donors (Lipinski definition) is 3. The molecule has 3 rings (SSSR count). The fourth-order valence-electron chi connectivity index (χ4n) is 3.04. The summed E-state index contributed by atoms with van der Waals surface area (Å²) in [4.78, 5) is 6.60. The van der Waals surface area contributed by atoms with Crippen LogP contribution < -0.4 is 20.7 Å². The van der Waals surface area contributed by atoms with Crippen LogP contribution in [0, 0.1) is 11.6 Å². The molecule has 2 heterocycles. The van der Waals surface area contributed by atoms with Gasteiger partial charge in [-0.15, -0.1) is 11.3 Å². The summed E-state index contributed by atoms with van der Waals surface area (Å²) in [6.45, 7) is 1.33. The molecule has 7 nitrogen and oxygen atoms in total. The maximum Gasteiger partial charge on any atom is 0.247 e. The molecule has 1 unspecified atom stereocenters. The lowest BCUT2D eigenvalue weighted by Gasteiger charge is -2.21. The molecule has 0 radical (unpaired) electrons. The topological polar surface area (TPSA) is 99.8 Å². The Balaban J connectivity index is 1.56. The summed E-state index contributed by atoms with van der Waals surface area (Å²) < 4.78 is 50.7. The largest absolute Gasteiger partial charge is 0.365 e. The van der Waals surface area contributed by atoms with Gasteiger partial charge in [0.1, 0.15) is 21.5 Å². The van der Waals surface area contributed by atoms with E-state index in [-0.39, 0.29) is 15.9 Å². The number of nitrogens with two attached hydrogens (primary N) is 1. The van der Waals surface area contributed by atoms with Gasteiger partial charge < -0.3 is 15.5 Å². The van der Waals surface area contributed by atoms with Gasteiger partial charge in [-0.25, -0.2) is 22.3 Å². The molecule has 1 aromatic heterocycles. The molecular weight excluding hydrogens is 408 g/mol. The molecule has 28 heavy (non-hydrogen) atoms. The maximum absolute atomic E-state index is 14.0. The van der Waals surface area contributed by atoms with Crippen LogP contribution in [0.25, 0.3) is 0 Å². The Morgan fingerprint density at radius 3 is 2.64 bits per heavy atom. The Hall–Kier alpha value is -2.24. The molecule has 11 heteroatoms. The van der Waals surface area contributed by atoms with Gasteiger partial charge >= 0.3 is 0 Å². The third-order valence-corrected chi connectivity index (χ3v) is 6.88. The van der Waals surface area contributed by atoms with E-state index in [4.69, 9.17) is 5.14 Å². The summed E-state index contributed by atoms with van der Waals surface area (Å²) in [5, 5.41) is 11.4. The van der Waals surface area contributed by atoms with Crippen LogP contribution in [-0.2, 0) is 16.6 Å². The SMILES string of the molecule is CN=C(NCc1ccc(S(N)(=O)=O)s1)NC1CCN(c2c(F)cccc2F)C1. The fraction of sp³-hybridized carbons (Fsp3) is 0.353. The molecule has 1 aromatic carbocycles. The van der Waals surface area contributed by atoms with Crippen LogP contribution in [0.3, 0.4) is 0 Å². The predicted octanol–water partition coefficient (Wildman–Crippen LogP) is 1.62. The van der Waals surface area contributed by atoms with E-state index in [9.17, 15) is 17.2 Å². The molecule has 0 amide bonds. The van der Waals surface area contributed by atoms with Crippen LogP contribution in [0.5, 0.6) is 0 Å². The number of aliphatic imine (C=N–C) groups is 1. The van der Waals surface area contributed by atoms with Crippen LogP contribution in [0.15, 0.2) is 39.5 Å². The molecule has 0 aliphatic carbocycles. The van der Waals surface area contributed by atoms with Crippen LogP contribution in [0.1, 0.15) is 11.3 Å². The number of halogens is 2. The number of rotatable bonds is 5. The molecule has 1 saturated heterocycles. The van der Waals surface area contributed by atoms with Gasteiger partial charge in [-0.05, 0) is 30.7 Å². The highest BCUT2D eigenvalue weighted by Crippen LogP contribution is 2.26. The van der Waals surface area contributed by atoms with Gasteiger partial charge in [0.2, 0.25) is 10.0 Å². The summed E-state index contributed by atoms with van der Waals surface area (Å²) >= 11 is 1.09. The first-order valence-corrected chi connectivity index (χ1v) is 10.9. The van der Waals surface area contributed by atoms with E-state index in [1.807, 2.05) is 0 Å². The van der Waals surface area contributed by atoms with E-state index >= 15 is 0 Å². The van der Waals surface area contributed by atoms with E-state index in [1.54, 1.807) is 18.0 Å². The number of benzene rings is 1. The number of guanidine groups is 1. The zero-order chi connectivity index (χ0) is 20.3. The van der Waals surface area contributed by atoms with E-state index in [1.165, 1.54) is 24.3 Å². The lowest BCUT2D eigenvalue weighted by atomic mass is 10.2. The van der Waals surface area contributed by atoms with E-state index < -0.39 is 21.7 Å². The first kappa shape index (κ1) is 20.5. The first-order valence-electron chi connectivity index (χ1n) is 8.55. The van der Waals surface area contributed by atoms with Gasteiger partial charge in [0.15, 0.2) is 5.96 Å². The summed E-state index contributed by atoms with van der Waals surface area (Å²) in [5.74, 6) is -0.635. The number of primary sulfonamides is 1. The third-order valence-electron chi connectivity index (χ3n) is 4.35. The Kier molecular flexibility index (Phi) is 6.16. The summed E-state index contributed by atoms with van der Waals surface area (Å²) in [6, 6.07) is 6.95. The van der Waals surface area contributed by atoms with Crippen molar-refractivity contribution in [2.45, 2.75) is 23.2 Å². The molecule has 152 valence electrons. The fourth-order valence-corrected chi connectivity index (χ4v) is 4.76. The predicted molar refractivity (Wildman–Crippen MR) is 106 cm³/mol. The number of nitrogens with zero attached hydrogens (tertiary/aromatic N) is 2.